The highest BCUT2D eigenvalue weighted by molar-refractivity contribution is 7.99. The van der Waals surface area contributed by atoms with Gasteiger partial charge in [-0.3, -0.25) is 0 Å². The summed E-state index contributed by atoms with van der Waals surface area (Å²) < 4.78 is 0. The molecule has 0 radical (unpaired) electrons. The van der Waals surface area contributed by atoms with Crippen LogP contribution >= 0.6 is 11.8 Å². The maximum atomic E-state index is 9.08. The third-order valence-corrected chi connectivity index (χ3v) is 3.55. The van der Waals surface area contributed by atoms with Crippen LogP contribution in [0.5, 0.6) is 0 Å². The van der Waals surface area contributed by atoms with Crippen LogP contribution in [0.25, 0.3) is 0 Å². The van der Waals surface area contributed by atoms with Gasteiger partial charge in [0.05, 0.1) is 6.61 Å². The quantitative estimate of drug-likeness (QED) is 0.569. The van der Waals surface area contributed by atoms with Crippen molar-refractivity contribution >= 4 is 11.8 Å². The average Bonchev–Trinajstić information content (AvgIpc) is 2.16. The van der Waals surface area contributed by atoms with Gasteiger partial charge in [0.15, 0.2) is 0 Å². The molecular weight excluding hydrogens is 198 g/mol. The van der Waals surface area contributed by atoms with Crippen molar-refractivity contribution in [3.63, 3.8) is 0 Å². The fourth-order valence-corrected chi connectivity index (χ4v) is 2.11. The van der Waals surface area contributed by atoms with Gasteiger partial charge in [0, 0.05) is 23.9 Å². The molecule has 0 heterocycles. The van der Waals surface area contributed by atoms with Crippen LogP contribution < -0.4 is 5.32 Å². The lowest BCUT2D eigenvalue weighted by molar-refractivity contribution is 0.258. The monoisotopic (exact) mass is 221 g/mol. The Labute approximate surface area is 91.3 Å². The van der Waals surface area contributed by atoms with E-state index in [0.29, 0.717) is 12.1 Å². The molecule has 0 spiro atoms. The van der Waals surface area contributed by atoms with Gasteiger partial charge in [-0.05, 0) is 32.9 Å². The fourth-order valence-electron chi connectivity index (χ4n) is 1.47. The second-order valence-corrected chi connectivity index (χ2v) is 4.76. The maximum absolute atomic E-state index is 9.08. The molecule has 3 nitrogen and oxygen atoms in total. The zero-order chi connectivity index (χ0) is 11.0. The fraction of sp³-hybridized carbons (Fsp3) is 1.00. The van der Waals surface area contributed by atoms with E-state index in [9.17, 15) is 0 Å². The summed E-state index contributed by atoms with van der Waals surface area (Å²) in [7, 11) is 0. The molecule has 0 saturated heterocycles. The number of rotatable bonds is 8. The lowest BCUT2D eigenvalue weighted by atomic mass is 10.1. The third-order valence-electron chi connectivity index (χ3n) is 2.38. The molecule has 0 aromatic heterocycles. The summed E-state index contributed by atoms with van der Waals surface area (Å²) >= 11 is 1.68. The van der Waals surface area contributed by atoms with Crippen LogP contribution in [0.3, 0.4) is 0 Å². The summed E-state index contributed by atoms with van der Waals surface area (Å²) in [6, 6.07) is 0.710. The van der Waals surface area contributed by atoms with E-state index in [1.54, 1.807) is 11.8 Å². The van der Waals surface area contributed by atoms with Crippen LogP contribution in [-0.2, 0) is 0 Å². The van der Waals surface area contributed by atoms with E-state index in [1.807, 2.05) is 6.26 Å². The normalized spacial score (nSPS) is 17.8. The van der Waals surface area contributed by atoms with Crippen molar-refractivity contribution in [1.82, 2.24) is 5.32 Å². The smallest absolute Gasteiger partial charge is 0.0564 e. The molecule has 0 rings (SSSR count). The van der Waals surface area contributed by atoms with Crippen molar-refractivity contribution < 1.29 is 10.2 Å². The minimum Gasteiger partial charge on any atom is -0.396 e. The molecule has 3 atom stereocenters. The molecule has 0 amide bonds. The van der Waals surface area contributed by atoms with E-state index in [4.69, 9.17) is 10.2 Å². The lowest BCUT2D eigenvalue weighted by Crippen LogP contribution is -2.42. The highest BCUT2D eigenvalue weighted by Gasteiger charge is 2.16. The van der Waals surface area contributed by atoms with Crippen molar-refractivity contribution in [3.8, 4) is 0 Å². The Bertz CT molecular complexity index is 131. The second-order valence-electron chi connectivity index (χ2n) is 3.68. The van der Waals surface area contributed by atoms with Gasteiger partial charge in [0.25, 0.3) is 0 Å². The summed E-state index contributed by atoms with van der Waals surface area (Å²) in [6.07, 6.45) is 3.83. The van der Waals surface area contributed by atoms with E-state index >= 15 is 0 Å². The van der Waals surface area contributed by atoms with Crippen molar-refractivity contribution in [3.05, 3.63) is 0 Å². The molecular formula is C10H23NO2S. The first-order valence-corrected chi connectivity index (χ1v) is 6.45. The molecule has 0 bridgehead atoms. The van der Waals surface area contributed by atoms with Gasteiger partial charge >= 0.3 is 0 Å². The lowest BCUT2D eigenvalue weighted by Gasteiger charge is -2.25. The molecule has 0 aliphatic rings. The van der Waals surface area contributed by atoms with Crippen LogP contribution in [0.15, 0.2) is 0 Å². The molecule has 3 N–H and O–H groups in total. The number of thioether (sulfide) groups is 1. The Morgan fingerprint density at radius 3 is 2.36 bits per heavy atom. The largest absolute Gasteiger partial charge is 0.396 e. The molecule has 86 valence electrons. The van der Waals surface area contributed by atoms with E-state index in [-0.39, 0.29) is 18.5 Å². The summed E-state index contributed by atoms with van der Waals surface area (Å²) in [5, 5.41) is 21.4. The van der Waals surface area contributed by atoms with Gasteiger partial charge in [-0.25, -0.2) is 0 Å². The maximum Gasteiger partial charge on any atom is 0.0564 e. The molecule has 0 fully saturated rings. The standard InChI is InChI=1S/C10H23NO2S/c1-8(5-4-6-12)11-9(2)10(7-13)14-3/h8-13H,4-7H2,1-3H3. The first kappa shape index (κ1) is 14.2. The van der Waals surface area contributed by atoms with Crippen molar-refractivity contribution in [2.45, 2.75) is 44.0 Å². The first-order chi connectivity index (χ1) is 6.65. The van der Waals surface area contributed by atoms with Crippen LogP contribution in [0, 0.1) is 0 Å². The zero-order valence-electron chi connectivity index (χ0n) is 9.36. The predicted molar refractivity (Wildman–Crippen MR) is 62.8 cm³/mol. The number of nitrogens with one attached hydrogen (secondary N) is 1. The van der Waals surface area contributed by atoms with Crippen LogP contribution in [0.2, 0.25) is 0 Å². The van der Waals surface area contributed by atoms with Crippen molar-refractivity contribution in [1.29, 1.82) is 0 Å². The van der Waals surface area contributed by atoms with Gasteiger partial charge in [-0.2, -0.15) is 11.8 Å². The minimum absolute atomic E-state index is 0.210. The SMILES string of the molecule is CSC(CO)C(C)NC(C)CCCO. The van der Waals surface area contributed by atoms with Gasteiger partial charge < -0.3 is 15.5 Å². The second kappa shape index (κ2) is 8.53. The zero-order valence-corrected chi connectivity index (χ0v) is 10.2. The van der Waals surface area contributed by atoms with Crippen molar-refractivity contribution in [2.75, 3.05) is 19.5 Å². The molecule has 0 aliphatic carbocycles. The molecule has 14 heavy (non-hydrogen) atoms. The van der Waals surface area contributed by atoms with Gasteiger partial charge in [-0.15, -0.1) is 0 Å². The predicted octanol–water partition coefficient (Wildman–Crippen LogP) is 0.849. The Hall–Kier alpha value is 0.230. The number of aliphatic hydroxyl groups excluding tert-OH is 2. The summed E-state index contributed by atoms with van der Waals surface area (Å²) in [4.78, 5) is 0. The molecule has 4 heteroatoms. The molecule has 0 aliphatic heterocycles. The Morgan fingerprint density at radius 1 is 1.29 bits per heavy atom. The van der Waals surface area contributed by atoms with Crippen molar-refractivity contribution in [2.24, 2.45) is 0 Å². The van der Waals surface area contributed by atoms with Crippen LogP contribution in [0.4, 0.5) is 0 Å². The Morgan fingerprint density at radius 2 is 1.93 bits per heavy atom. The molecule has 0 aromatic carbocycles. The van der Waals surface area contributed by atoms with E-state index < -0.39 is 0 Å². The van der Waals surface area contributed by atoms with E-state index in [2.05, 4.69) is 19.2 Å². The molecule has 0 aromatic rings. The van der Waals surface area contributed by atoms with Gasteiger partial charge in [0.1, 0.15) is 0 Å². The molecule has 3 unspecified atom stereocenters. The number of hydrogen-bond acceptors (Lipinski definition) is 4. The summed E-state index contributed by atoms with van der Waals surface area (Å²) in [6.45, 7) is 4.67. The Kier molecular flexibility index (Phi) is 8.67. The highest BCUT2D eigenvalue weighted by Crippen LogP contribution is 2.11. The minimum atomic E-state index is 0.210. The summed E-state index contributed by atoms with van der Waals surface area (Å²) in [5.74, 6) is 0. The highest BCUT2D eigenvalue weighted by atomic mass is 32.2. The number of aliphatic hydroxyl groups is 2. The third kappa shape index (κ3) is 5.86. The summed E-state index contributed by atoms with van der Waals surface area (Å²) in [5.41, 5.74) is 0. The van der Waals surface area contributed by atoms with Gasteiger partial charge in [0.2, 0.25) is 0 Å². The van der Waals surface area contributed by atoms with E-state index in [1.165, 1.54) is 0 Å². The number of hydrogen-bond donors (Lipinski definition) is 3. The molecule has 0 saturated carbocycles. The van der Waals surface area contributed by atoms with E-state index in [0.717, 1.165) is 12.8 Å². The van der Waals surface area contributed by atoms with Crippen LogP contribution in [0.1, 0.15) is 26.7 Å². The Balaban J connectivity index is 3.73. The van der Waals surface area contributed by atoms with Gasteiger partial charge in [-0.1, -0.05) is 0 Å². The first-order valence-electron chi connectivity index (χ1n) is 5.16. The van der Waals surface area contributed by atoms with Crippen LogP contribution in [-0.4, -0.2) is 47.0 Å². The average molecular weight is 221 g/mol. The topological polar surface area (TPSA) is 52.5 Å².